The summed E-state index contributed by atoms with van der Waals surface area (Å²) in [4.78, 5) is 18.0. The zero-order valence-corrected chi connectivity index (χ0v) is 17.2. The van der Waals surface area contributed by atoms with E-state index in [9.17, 15) is 4.79 Å². The van der Waals surface area contributed by atoms with Gasteiger partial charge in [0, 0.05) is 50.7 Å². The maximum absolute atomic E-state index is 13.4. The molecule has 0 saturated carbocycles. The van der Waals surface area contributed by atoms with Crippen LogP contribution in [0.4, 0.5) is 0 Å². The molecule has 0 aromatic heterocycles. The van der Waals surface area contributed by atoms with Crippen LogP contribution in [0.5, 0.6) is 0 Å². The Morgan fingerprint density at radius 1 is 1.18 bits per heavy atom. The molecule has 0 spiro atoms. The van der Waals surface area contributed by atoms with E-state index >= 15 is 0 Å². The molecule has 3 fully saturated rings. The maximum Gasteiger partial charge on any atom is 0.223 e. The lowest BCUT2D eigenvalue weighted by Gasteiger charge is -2.36. The van der Waals surface area contributed by atoms with Crippen LogP contribution in [0.25, 0.3) is 0 Å². The average Bonchev–Trinajstić information content (AvgIpc) is 3.05. The second-order valence-electron chi connectivity index (χ2n) is 8.95. The molecule has 28 heavy (non-hydrogen) atoms. The zero-order chi connectivity index (χ0) is 19.3. The van der Waals surface area contributed by atoms with E-state index < -0.39 is 0 Å². The van der Waals surface area contributed by atoms with Crippen molar-refractivity contribution in [2.24, 2.45) is 5.92 Å². The molecular formula is C23H35N3O2. The van der Waals surface area contributed by atoms with Gasteiger partial charge in [0.05, 0.1) is 13.2 Å². The number of rotatable bonds is 7. The zero-order valence-electron chi connectivity index (χ0n) is 17.2. The molecule has 1 aromatic carbocycles. The van der Waals surface area contributed by atoms with Gasteiger partial charge in [-0.2, -0.15) is 0 Å². The predicted molar refractivity (Wildman–Crippen MR) is 111 cm³/mol. The Bertz CT molecular complexity index is 620. The van der Waals surface area contributed by atoms with E-state index in [4.69, 9.17) is 4.74 Å². The highest BCUT2D eigenvalue weighted by Gasteiger charge is 2.35. The van der Waals surface area contributed by atoms with Crippen LogP contribution in [0.3, 0.4) is 0 Å². The Morgan fingerprint density at radius 3 is 2.54 bits per heavy atom. The number of ether oxygens (including phenoxy) is 1. The minimum Gasteiger partial charge on any atom is -0.379 e. The van der Waals surface area contributed by atoms with Gasteiger partial charge in [0.1, 0.15) is 0 Å². The fraction of sp³-hybridized carbons (Fsp3) is 0.696. The highest BCUT2D eigenvalue weighted by molar-refractivity contribution is 5.77. The van der Waals surface area contributed by atoms with E-state index in [2.05, 4.69) is 46.3 Å². The van der Waals surface area contributed by atoms with E-state index in [1.54, 1.807) is 0 Å². The first-order valence-corrected chi connectivity index (χ1v) is 11.1. The first kappa shape index (κ1) is 19.9. The summed E-state index contributed by atoms with van der Waals surface area (Å²) in [5.74, 6) is 0.871. The van der Waals surface area contributed by atoms with Crippen molar-refractivity contribution in [3.05, 3.63) is 35.9 Å². The summed E-state index contributed by atoms with van der Waals surface area (Å²) in [6, 6.07) is 11.9. The second-order valence-corrected chi connectivity index (χ2v) is 8.95. The lowest BCUT2D eigenvalue weighted by atomic mass is 9.89. The maximum atomic E-state index is 13.4. The van der Waals surface area contributed by atoms with Crippen LogP contribution in [-0.4, -0.2) is 66.7 Å². The average molecular weight is 386 g/mol. The molecular weight excluding hydrogens is 350 g/mol. The molecule has 1 amide bonds. The molecule has 154 valence electrons. The van der Waals surface area contributed by atoms with Gasteiger partial charge in [-0.05, 0) is 44.1 Å². The number of carbonyl (C=O) groups excluding carboxylic acids is 1. The molecule has 3 saturated heterocycles. The van der Waals surface area contributed by atoms with Crippen LogP contribution in [0.2, 0.25) is 0 Å². The van der Waals surface area contributed by atoms with Gasteiger partial charge >= 0.3 is 0 Å². The molecule has 3 aliphatic rings. The minimum absolute atomic E-state index is 0.212. The third kappa shape index (κ3) is 5.13. The molecule has 1 aromatic rings. The number of nitrogens with zero attached hydrogens (tertiary/aromatic N) is 2. The fourth-order valence-corrected chi connectivity index (χ4v) is 5.23. The lowest BCUT2D eigenvalue weighted by molar-refractivity contribution is -0.135. The second kappa shape index (κ2) is 9.38. The van der Waals surface area contributed by atoms with Crippen molar-refractivity contribution in [3.8, 4) is 0 Å². The van der Waals surface area contributed by atoms with Gasteiger partial charge in [-0.3, -0.25) is 9.69 Å². The summed E-state index contributed by atoms with van der Waals surface area (Å²) < 4.78 is 5.48. The van der Waals surface area contributed by atoms with Crippen LogP contribution in [0.1, 0.15) is 44.6 Å². The molecule has 0 aliphatic carbocycles. The van der Waals surface area contributed by atoms with Gasteiger partial charge in [-0.25, -0.2) is 0 Å². The van der Waals surface area contributed by atoms with Crippen molar-refractivity contribution in [2.75, 3.05) is 32.8 Å². The number of nitrogens with one attached hydrogen (secondary N) is 1. The number of amides is 1. The van der Waals surface area contributed by atoms with Crippen LogP contribution < -0.4 is 5.32 Å². The first-order valence-electron chi connectivity index (χ1n) is 11.1. The largest absolute Gasteiger partial charge is 0.379 e. The smallest absolute Gasteiger partial charge is 0.223 e. The predicted octanol–water partition coefficient (Wildman–Crippen LogP) is 2.66. The van der Waals surface area contributed by atoms with Crippen molar-refractivity contribution >= 4 is 5.91 Å². The molecule has 3 atom stereocenters. The quantitative estimate of drug-likeness (QED) is 0.784. The number of hydrogen-bond donors (Lipinski definition) is 1. The van der Waals surface area contributed by atoms with Crippen molar-refractivity contribution in [2.45, 2.75) is 63.7 Å². The molecule has 3 heterocycles. The molecule has 4 rings (SSSR count). The van der Waals surface area contributed by atoms with Crippen molar-refractivity contribution in [1.82, 2.24) is 15.1 Å². The molecule has 5 nitrogen and oxygen atoms in total. The fourth-order valence-electron chi connectivity index (χ4n) is 5.23. The number of benzene rings is 1. The standard InChI is InChI=1S/C23H35N3O2/c1-18(16-25-9-11-28-12-10-25)26(17-19-5-3-2-4-6-19)23(27)15-20-13-21-7-8-22(14-20)24-21/h2-6,18,20-22,24H,7-17H2,1H3. The van der Waals surface area contributed by atoms with Crippen molar-refractivity contribution in [3.63, 3.8) is 0 Å². The van der Waals surface area contributed by atoms with Gasteiger partial charge in [0.25, 0.3) is 0 Å². The molecule has 5 heteroatoms. The summed E-state index contributed by atoms with van der Waals surface area (Å²) in [7, 11) is 0. The van der Waals surface area contributed by atoms with Crippen molar-refractivity contribution in [1.29, 1.82) is 0 Å². The Labute approximate surface area is 169 Å². The van der Waals surface area contributed by atoms with E-state index in [1.807, 2.05) is 6.07 Å². The van der Waals surface area contributed by atoms with Gasteiger partial charge < -0.3 is 15.0 Å². The van der Waals surface area contributed by atoms with E-state index in [-0.39, 0.29) is 6.04 Å². The van der Waals surface area contributed by atoms with Crippen LogP contribution in [0.15, 0.2) is 30.3 Å². The molecule has 3 unspecified atom stereocenters. The molecule has 3 aliphatic heterocycles. The van der Waals surface area contributed by atoms with Crippen LogP contribution in [0, 0.1) is 5.92 Å². The normalized spacial score (nSPS) is 28.8. The third-order valence-electron chi connectivity index (χ3n) is 6.71. The summed E-state index contributed by atoms with van der Waals surface area (Å²) in [5, 5.41) is 3.70. The topological polar surface area (TPSA) is 44.8 Å². The summed E-state index contributed by atoms with van der Waals surface area (Å²) in [5.41, 5.74) is 1.22. The Balaban J connectivity index is 1.41. The number of piperidine rings is 1. The van der Waals surface area contributed by atoms with Crippen LogP contribution >= 0.6 is 0 Å². The van der Waals surface area contributed by atoms with E-state index in [1.165, 1.54) is 31.2 Å². The Kier molecular flexibility index (Phi) is 6.65. The molecule has 1 N–H and O–H groups in total. The molecule has 2 bridgehead atoms. The summed E-state index contributed by atoms with van der Waals surface area (Å²) >= 11 is 0. The Morgan fingerprint density at radius 2 is 1.86 bits per heavy atom. The Hall–Kier alpha value is -1.43. The minimum atomic E-state index is 0.212. The SMILES string of the molecule is CC(CN1CCOCC1)N(Cc1ccccc1)C(=O)CC1CC2CCC(C1)N2. The number of hydrogen-bond acceptors (Lipinski definition) is 4. The van der Waals surface area contributed by atoms with Crippen molar-refractivity contribution < 1.29 is 9.53 Å². The highest BCUT2D eigenvalue weighted by atomic mass is 16.5. The van der Waals surface area contributed by atoms with Gasteiger partial charge in [-0.15, -0.1) is 0 Å². The van der Waals surface area contributed by atoms with Gasteiger partial charge in [-0.1, -0.05) is 30.3 Å². The number of fused-ring (bicyclic) bond motifs is 2. The summed E-state index contributed by atoms with van der Waals surface area (Å²) in [6.45, 7) is 7.39. The van der Waals surface area contributed by atoms with Gasteiger partial charge in [0.15, 0.2) is 0 Å². The van der Waals surface area contributed by atoms with E-state index in [0.717, 1.165) is 32.8 Å². The van der Waals surface area contributed by atoms with Crippen LogP contribution in [-0.2, 0) is 16.1 Å². The lowest BCUT2D eigenvalue weighted by Crippen LogP contribution is -2.48. The first-order chi connectivity index (χ1) is 13.7. The van der Waals surface area contributed by atoms with E-state index in [0.29, 0.717) is 36.9 Å². The molecule has 0 radical (unpaired) electrons. The summed E-state index contributed by atoms with van der Waals surface area (Å²) in [6.07, 6.45) is 5.61. The third-order valence-corrected chi connectivity index (χ3v) is 6.71. The monoisotopic (exact) mass is 385 g/mol. The van der Waals surface area contributed by atoms with Gasteiger partial charge in [0.2, 0.25) is 5.91 Å². The highest BCUT2D eigenvalue weighted by Crippen LogP contribution is 2.33. The number of morpholine rings is 1. The number of carbonyl (C=O) groups is 1.